The first-order chi connectivity index (χ1) is 7.84. The van der Waals surface area contributed by atoms with Crippen molar-refractivity contribution >= 4 is 0 Å². The monoisotopic (exact) mass is 221 g/mol. The third-order valence-corrected chi connectivity index (χ3v) is 3.37. The van der Waals surface area contributed by atoms with Gasteiger partial charge in [0, 0.05) is 37.4 Å². The quantitative estimate of drug-likeness (QED) is 0.792. The van der Waals surface area contributed by atoms with Crippen LogP contribution in [-0.2, 0) is 6.42 Å². The van der Waals surface area contributed by atoms with Crippen molar-refractivity contribution in [2.45, 2.75) is 31.7 Å². The number of H-pyrrole nitrogens is 1. The predicted octanol–water partition coefficient (Wildman–Crippen LogP) is 1.63. The van der Waals surface area contributed by atoms with Crippen molar-refractivity contribution in [3.63, 3.8) is 0 Å². The molecule has 1 aliphatic rings. The predicted molar refractivity (Wildman–Crippen MR) is 67.6 cm³/mol. The lowest BCUT2D eigenvalue weighted by Crippen LogP contribution is -2.42. The van der Waals surface area contributed by atoms with Crippen molar-refractivity contribution in [2.75, 3.05) is 26.7 Å². The number of hydrogen-bond donors (Lipinski definition) is 2. The van der Waals surface area contributed by atoms with Gasteiger partial charge in [-0.25, -0.2) is 0 Å². The highest BCUT2D eigenvalue weighted by molar-refractivity contribution is 5.03. The molecule has 3 heteroatoms. The summed E-state index contributed by atoms with van der Waals surface area (Å²) in [6.07, 6.45) is 7.20. The fourth-order valence-electron chi connectivity index (χ4n) is 2.38. The third-order valence-electron chi connectivity index (χ3n) is 3.37. The van der Waals surface area contributed by atoms with Crippen LogP contribution in [0, 0.1) is 0 Å². The van der Waals surface area contributed by atoms with Crippen LogP contribution < -0.4 is 5.32 Å². The van der Waals surface area contributed by atoms with Crippen LogP contribution in [0.4, 0.5) is 0 Å². The van der Waals surface area contributed by atoms with Gasteiger partial charge in [-0.2, -0.15) is 0 Å². The first kappa shape index (κ1) is 11.7. The number of hydrogen-bond acceptors (Lipinski definition) is 2. The molecule has 90 valence electrons. The van der Waals surface area contributed by atoms with Gasteiger partial charge < -0.3 is 15.2 Å². The maximum absolute atomic E-state index is 3.59. The minimum atomic E-state index is 0.711. The van der Waals surface area contributed by atoms with Crippen LogP contribution >= 0.6 is 0 Å². The molecule has 0 radical (unpaired) electrons. The van der Waals surface area contributed by atoms with Crippen molar-refractivity contribution in [1.29, 1.82) is 0 Å². The highest BCUT2D eigenvalue weighted by Gasteiger charge is 2.14. The molecule has 1 aromatic rings. The van der Waals surface area contributed by atoms with Crippen LogP contribution in [0.5, 0.6) is 0 Å². The van der Waals surface area contributed by atoms with E-state index in [9.17, 15) is 0 Å². The lowest BCUT2D eigenvalue weighted by molar-refractivity contribution is 0.264. The Morgan fingerprint density at radius 2 is 2.38 bits per heavy atom. The maximum atomic E-state index is 3.59. The van der Waals surface area contributed by atoms with Gasteiger partial charge in [0.05, 0.1) is 0 Å². The number of piperidine rings is 1. The minimum absolute atomic E-state index is 0.711. The number of nitrogens with zero attached hydrogens (tertiary/aromatic N) is 1. The molecule has 0 amide bonds. The summed E-state index contributed by atoms with van der Waals surface area (Å²) in [6.45, 7) is 3.52. The molecule has 0 bridgehead atoms. The number of rotatable bonds is 5. The van der Waals surface area contributed by atoms with Gasteiger partial charge in [-0.15, -0.1) is 0 Å². The molecule has 1 unspecified atom stereocenters. The summed E-state index contributed by atoms with van der Waals surface area (Å²) in [4.78, 5) is 5.69. The molecule has 0 spiro atoms. The molecular weight excluding hydrogens is 198 g/mol. The van der Waals surface area contributed by atoms with E-state index >= 15 is 0 Å². The van der Waals surface area contributed by atoms with E-state index in [0.29, 0.717) is 6.04 Å². The molecule has 2 rings (SSSR count). The summed E-state index contributed by atoms with van der Waals surface area (Å²) in [5, 5.41) is 3.59. The molecule has 2 N–H and O–H groups in total. The molecule has 1 aliphatic heterocycles. The fourth-order valence-corrected chi connectivity index (χ4v) is 2.38. The largest absolute Gasteiger partial charge is 0.365 e. The smallest absolute Gasteiger partial charge is 0.0194 e. The molecule has 1 fully saturated rings. The summed E-state index contributed by atoms with van der Waals surface area (Å²) in [5.41, 5.74) is 1.34. The Morgan fingerprint density at radius 3 is 3.06 bits per heavy atom. The van der Waals surface area contributed by atoms with Gasteiger partial charge in [-0.05, 0) is 38.6 Å². The van der Waals surface area contributed by atoms with Crippen molar-refractivity contribution < 1.29 is 0 Å². The van der Waals surface area contributed by atoms with Crippen LogP contribution in [0.25, 0.3) is 0 Å². The highest BCUT2D eigenvalue weighted by atomic mass is 15.1. The normalized spacial score (nSPS) is 21.5. The van der Waals surface area contributed by atoms with Crippen LogP contribution in [0.1, 0.15) is 25.0 Å². The Morgan fingerprint density at radius 1 is 1.44 bits per heavy atom. The van der Waals surface area contributed by atoms with E-state index in [1.54, 1.807) is 0 Å². The molecule has 1 saturated heterocycles. The van der Waals surface area contributed by atoms with Crippen LogP contribution in [-0.4, -0.2) is 42.6 Å². The van der Waals surface area contributed by atoms with Gasteiger partial charge in [0.2, 0.25) is 0 Å². The standard InChI is InChI=1S/C13H23N3/c1-16(10-7-12-6-4-9-14-12)11-13-5-2-3-8-15-13/h4,6,9,13-15H,2-3,5,7-8,10-11H2,1H3. The average molecular weight is 221 g/mol. The minimum Gasteiger partial charge on any atom is -0.365 e. The maximum Gasteiger partial charge on any atom is 0.0194 e. The highest BCUT2D eigenvalue weighted by Crippen LogP contribution is 2.08. The van der Waals surface area contributed by atoms with E-state index in [1.807, 2.05) is 6.20 Å². The number of likely N-dealkylation sites (N-methyl/N-ethyl adjacent to an activating group) is 1. The van der Waals surface area contributed by atoms with E-state index in [0.717, 1.165) is 13.0 Å². The summed E-state index contributed by atoms with van der Waals surface area (Å²) in [5.74, 6) is 0. The average Bonchev–Trinajstić information content (AvgIpc) is 2.81. The fraction of sp³-hybridized carbons (Fsp3) is 0.692. The topological polar surface area (TPSA) is 31.1 Å². The van der Waals surface area contributed by atoms with Crippen molar-refractivity contribution in [3.05, 3.63) is 24.0 Å². The van der Waals surface area contributed by atoms with Gasteiger partial charge in [0.1, 0.15) is 0 Å². The molecule has 0 aliphatic carbocycles. The SMILES string of the molecule is CN(CCc1ccc[nH]1)CC1CCCCN1. The Balaban J connectivity index is 1.65. The summed E-state index contributed by atoms with van der Waals surface area (Å²) >= 11 is 0. The molecule has 0 aromatic carbocycles. The molecule has 3 nitrogen and oxygen atoms in total. The lowest BCUT2D eigenvalue weighted by Gasteiger charge is -2.28. The zero-order chi connectivity index (χ0) is 11.2. The summed E-state index contributed by atoms with van der Waals surface area (Å²) in [7, 11) is 2.22. The van der Waals surface area contributed by atoms with E-state index < -0.39 is 0 Å². The number of nitrogens with one attached hydrogen (secondary N) is 2. The summed E-state index contributed by atoms with van der Waals surface area (Å²) in [6, 6.07) is 4.94. The van der Waals surface area contributed by atoms with Crippen molar-refractivity contribution in [2.24, 2.45) is 0 Å². The first-order valence-electron chi connectivity index (χ1n) is 6.39. The molecule has 2 heterocycles. The van der Waals surface area contributed by atoms with Gasteiger partial charge in [-0.3, -0.25) is 0 Å². The second-order valence-electron chi connectivity index (χ2n) is 4.85. The zero-order valence-electron chi connectivity index (χ0n) is 10.2. The zero-order valence-corrected chi connectivity index (χ0v) is 10.2. The molecule has 1 atom stereocenters. The first-order valence-corrected chi connectivity index (χ1v) is 6.39. The second kappa shape index (κ2) is 6.06. The summed E-state index contributed by atoms with van der Waals surface area (Å²) < 4.78 is 0. The third kappa shape index (κ3) is 3.65. The Hall–Kier alpha value is -0.800. The van der Waals surface area contributed by atoms with Gasteiger partial charge in [-0.1, -0.05) is 6.42 Å². The van der Waals surface area contributed by atoms with Crippen molar-refractivity contribution in [3.8, 4) is 0 Å². The van der Waals surface area contributed by atoms with Crippen LogP contribution in [0.15, 0.2) is 18.3 Å². The van der Waals surface area contributed by atoms with E-state index in [-0.39, 0.29) is 0 Å². The second-order valence-corrected chi connectivity index (χ2v) is 4.85. The van der Waals surface area contributed by atoms with Crippen LogP contribution in [0.2, 0.25) is 0 Å². The van der Waals surface area contributed by atoms with E-state index in [2.05, 4.69) is 34.4 Å². The van der Waals surface area contributed by atoms with Gasteiger partial charge in [0.15, 0.2) is 0 Å². The number of aromatic nitrogens is 1. The molecular formula is C13H23N3. The van der Waals surface area contributed by atoms with Gasteiger partial charge in [0.25, 0.3) is 0 Å². The van der Waals surface area contributed by atoms with E-state index in [4.69, 9.17) is 0 Å². The molecule has 1 aromatic heterocycles. The Bertz CT molecular complexity index is 275. The Labute approximate surface area is 98.2 Å². The van der Waals surface area contributed by atoms with Crippen LogP contribution in [0.3, 0.4) is 0 Å². The molecule has 0 saturated carbocycles. The van der Waals surface area contributed by atoms with Crippen molar-refractivity contribution in [1.82, 2.24) is 15.2 Å². The van der Waals surface area contributed by atoms with E-state index in [1.165, 1.54) is 38.0 Å². The number of aromatic amines is 1. The Kier molecular flexibility index (Phi) is 4.43. The molecule has 16 heavy (non-hydrogen) atoms. The van der Waals surface area contributed by atoms with Gasteiger partial charge >= 0.3 is 0 Å². The lowest BCUT2D eigenvalue weighted by atomic mass is 10.0.